The van der Waals surface area contributed by atoms with Gasteiger partial charge in [0, 0.05) is 11.8 Å². The molecule has 0 saturated heterocycles. The Labute approximate surface area is 127 Å². The first-order valence-electron chi connectivity index (χ1n) is 6.24. The van der Waals surface area contributed by atoms with Crippen molar-refractivity contribution in [3.05, 3.63) is 47.5 Å². The Balaban J connectivity index is 2.15. The van der Waals surface area contributed by atoms with E-state index < -0.39 is 0 Å². The van der Waals surface area contributed by atoms with Gasteiger partial charge < -0.3 is 14.6 Å². The van der Waals surface area contributed by atoms with Crippen LogP contribution in [0.1, 0.15) is 11.1 Å². The number of nitrogens with zero attached hydrogens (tertiary/aromatic N) is 1. The predicted octanol–water partition coefficient (Wildman–Crippen LogP) is 3.57. The summed E-state index contributed by atoms with van der Waals surface area (Å²) in [6.45, 7) is 0. The Morgan fingerprint density at radius 2 is 1.86 bits per heavy atom. The quantitative estimate of drug-likeness (QED) is 0.855. The van der Waals surface area contributed by atoms with Crippen LogP contribution < -0.4 is 9.47 Å². The number of aromatic hydroxyl groups is 1. The minimum absolute atomic E-state index is 0.0319. The number of nitriles is 1. The molecule has 1 N–H and O–H groups in total. The lowest BCUT2D eigenvalue weighted by atomic mass is 10.2. The topological polar surface area (TPSA) is 62.5 Å². The number of ether oxygens (including phenoxy) is 2. The number of rotatable bonds is 5. The highest BCUT2D eigenvalue weighted by molar-refractivity contribution is 7.98. The molecule has 0 aliphatic heterocycles. The van der Waals surface area contributed by atoms with E-state index >= 15 is 0 Å². The van der Waals surface area contributed by atoms with E-state index in [1.165, 1.54) is 11.8 Å². The van der Waals surface area contributed by atoms with E-state index in [2.05, 4.69) is 0 Å². The molecule has 0 aliphatic carbocycles. The fourth-order valence-corrected chi connectivity index (χ4v) is 2.79. The molecule has 0 radical (unpaired) electrons. The van der Waals surface area contributed by atoms with Gasteiger partial charge in [-0.3, -0.25) is 0 Å². The van der Waals surface area contributed by atoms with Crippen LogP contribution in [0.5, 0.6) is 17.2 Å². The van der Waals surface area contributed by atoms with Gasteiger partial charge in [-0.2, -0.15) is 5.26 Å². The van der Waals surface area contributed by atoms with Crippen molar-refractivity contribution in [2.75, 3.05) is 14.2 Å². The second-order valence-corrected chi connectivity index (χ2v) is 5.29. The first-order valence-corrected chi connectivity index (χ1v) is 7.23. The van der Waals surface area contributed by atoms with Gasteiger partial charge in [-0.15, -0.1) is 11.8 Å². The molecular weight excluding hydrogens is 286 g/mol. The molecular formula is C16H15NO3S. The molecule has 0 atom stereocenters. The maximum Gasteiger partial charge on any atom is 0.134 e. The van der Waals surface area contributed by atoms with Crippen LogP contribution in [-0.2, 0) is 5.75 Å². The number of hydrogen-bond acceptors (Lipinski definition) is 5. The van der Waals surface area contributed by atoms with Crippen molar-refractivity contribution in [3.63, 3.8) is 0 Å². The Bertz CT molecular complexity index is 662. The van der Waals surface area contributed by atoms with Gasteiger partial charge in [0.2, 0.25) is 0 Å². The summed E-state index contributed by atoms with van der Waals surface area (Å²) in [5.74, 6) is 2.10. The van der Waals surface area contributed by atoms with Crippen LogP contribution in [0, 0.1) is 11.3 Å². The fourth-order valence-electron chi connectivity index (χ4n) is 1.79. The van der Waals surface area contributed by atoms with Crippen LogP contribution in [-0.4, -0.2) is 19.3 Å². The summed E-state index contributed by atoms with van der Waals surface area (Å²) in [6, 6.07) is 12.8. The Kier molecular flexibility index (Phi) is 4.96. The first-order chi connectivity index (χ1) is 10.2. The van der Waals surface area contributed by atoms with Crippen LogP contribution in [0.25, 0.3) is 0 Å². The van der Waals surface area contributed by atoms with Crippen molar-refractivity contribution in [2.24, 2.45) is 0 Å². The van der Waals surface area contributed by atoms with Crippen LogP contribution >= 0.6 is 11.8 Å². The minimum Gasteiger partial charge on any atom is -0.507 e. The van der Waals surface area contributed by atoms with Crippen molar-refractivity contribution in [3.8, 4) is 23.3 Å². The van der Waals surface area contributed by atoms with E-state index in [0.717, 1.165) is 22.0 Å². The zero-order chi connectivity index (χ0) is 15.2. The number of hydrogen-bond donors (Lipinski definition) is 1. The average molecular weight is 301 g/mol. The highest BCUT2D eigenvalue weighted by Gasteiger charge is 2.10. The maximum absolute atomic E-state index is 9.77. The Hall–Kier alpha value is -2.32. The van der Waals surface area contributed by atoms with E-state index in [9.17, 15) is 5.11 Å². The van der Waals surface area contributed by atoms with E-state index in [0.29, 0.717) is 5.75 Å². The Morgan fingerprint density at radius 1 is 1.14 bits per heavy atom. The third-order valence-electron chi connectivity index (χ3n) is 2.96. The smallest absolute Gasteiger partial charge is 0.134 e. The zero-order valence-electron chi connectivity index (χ0n) is 11.8. The van der Waals surface area contributed by atoms with Gasteiger partial charge in [0.05, 0.1) is 24.7 Å². The first kappa shape index (κ1) is 15.1. The second-order valence-electron chi connectivity index (χ2n) is 4.27. The molecule has 0 aliphatic rings. The number of phenolic OH excluding ortho intramolecular Hbond substituents is 1. The predicted molar refractivity (Wildman–Crippen MR) is 81.9 cm³/mol. The summed E-state index contributed by atoms with van der Waals surface area (Å²) in [7, 11) is 3.18. The van der Waals surface area contributed by atoms with Gasteiger partial charge in [0.1, 0.15) is 23.3 Å². The third kappa shape index (κ3) is 3.61. The third-order valence-corrected chi connectivity index (χ3v) is 4.06. The van der Waals surface area contributed by atoms with Crippen LogP contribution in [0.15, 0.2) is 41.3 Å². The van der Waals surface area contributed by atoms with E-state index in [1.54, 1.807) is 26.4 Å². The number of methoxy groups -OCH3 is 2. The molecule has 4 nitrogen and oxygen atoms in total. The molecule has 0 spiro atoms. The van der Waals surface area contributed by atoms with Gasteiger partial charge >= 0.3 is 0 Å². The summed E-state index contributed by atoms with van der Waals surface area (Å²) >= 11 is 1.54. The lowest BCUT2D eigenvalue weighted by molar-refractivity contribution is 0.401. The monoisotopic (exact) mass is 301 g/mol. The normalized spacial score (nSPS) is 9.95. The molecule has 0 bridgehead atoms. The molecule has 2 aromatic rings. The van der Waals surface area contributed by atoms with Gasteiger partial charge in [-0.1, -0.05) is 12.1 Å². The SMILES string of the molecule is COc1ccc(CSc2cc(O)c(C#N)cc2OC)cc1. The highest BCUT2D eigenvalue weighted by Crippen LogP contribution is 2.36. The summed E-state index contributed by atoms with van der Waals surface area (Å²) in [5.41, 5.74) is 1.34. The fraction of sp³-hybridized carbons (Fsp3) is 0.188. The van der Waals surface area contributed by atoms with Gasteiger partial charge in [-0.05, 0) is 23.8 Å². The van der Waals surface area contributed by atoms with E-state index in [-0.39, 0.29) is 11.3 Å². The molecule has 0 amide bonds. The minimum atomic E-state index is -0.0319. The molecule has 0 fully saturated rings. The second kappa shape index (κ2) is 6.91. The molecule has 5 heteroatoms. The van der Waals surface area contributed by atoms with Crippen LogP contribution in [0.4, 0.5) is 0 Å². The molecule has 2 aromatic carbocycles. The zero-order valence-corrected chi connectivity index (χ0v) is 12.6. The summed E-state index contributed by atoms with van der Waals surface area (Å²) in [6.07, 6.45) is 0. The van der Waals surface area contributed by atoms with Crippen LogP contribution in [0.2, 0.25) is 0 Å². The standard InChI is InChI=1S/C16H15NO3S/c1-19-13-5-3-11(4-6-13)10-21-16-8-14(18)12(9-17)7-15(16)20-2/h3-8,18H,10H2,1-2H3. The molecule has 0 unspecified atom stereocenters. The van der Waals surface area contributed by atoms with E-state index in [4.69, 9.17) is 14.7 Å². The van der Waals surface area contributed by atoms with Gasteiger partial charge in [0.25, 0.3) is 0 Å². The summed E-state index contributed by atoms with van der Waals surface area (Å²) in [4.78, 5) is 0.796. The molecule has 21 heavy (non-hydrogen) atoms. The Morgan fingerprint density at radius 3 is 2.43 bits per heavy atom. The lowest BCUT2D eigenvalue weighted by Crippen LogP contribution is -1.90. The molecule has 0 heterocycles. The molecule has 2 rings (SSSR count). The summed E-state index contributed by atoms with van der Waals surface area (Å²) in [5, 5.41) is 18.7. The lowest BCUT2D eigenvalue weighted by Gasteiger charge is -2.10. The average Bonchev–Trinajstić information content (AvgIpc) is 2.53. The van der Waals surface area contributed by atoms with Gasteiger partial charge in [0.15, 0.2) is 0 Å². The van der Waals surface area contributed by atoms with Crippen LogP contribution in [0.3, 0.4) is 0 Å². The molecule has 0 aromatic heterocycles. The van der Waals surface area contributed by atoms with Crippen molar-refractivity contribution >= 4 is 11.8 Å². The van der Waals surface area contributed by atoms with Crippen molar-refractivity contribution in [2.45, 2.75) is 10.6 Å². The van der Waals surface area contributed by atoms with Crippen molar-refractivity contribution in [1.82, 2.24) is 0 Å². The summed E-state index contributed by atoms with van der Waals surface area (Å²) < 4.78 is 10.4. The largest absolute Gasteiger partial charge is 0.507 e. The molecule has 0 saturated carbocycles. The number of thioether (sulfide) groups is 1. The van der Waals surface area contributed by atoms with E-state index in [1.807, 2.05) is 30.3 Å². The molecule has 108 valence electrons. The van der Waals surface area contributed by atoms with Crippen molar-refractivity contribution in [1.29, 1.82) is 5.26 Å². The highest BCUT2D eigenvalue weighted by atomic mass is 32.2. The maximum atomic E-state index is 9.77. The number of phenols is 1. The van der Waals surface area contributed by atoms with Gasteiger partial charge in [-0.25, -0.2) is 0 Å². The van der Waals surface area contributed by atoms with Crippen molar-refractivity contribution < 1.29 is 14.6 Å². The number of benzene rings is 2.